The molecule has 0 aliphatic heterocycles. The number of hydrogen-bond acceptors (Lipinski definition) is 3. The summed E-state index contributed by atoms with van der Waals surface area (Å²) in [6.45, 7) is 4.99. The van der Waals surface area contributed by atoms with Crippen molar-refractivity contribution in [3.05, 3.63) is 23.8 Å². The average Bonchev–Trinajstić information content (AvgIpc) is 2.21. The lowest BCUT2D eigenvalue weighted by Crippen LogP contribution is -2.07. The van der Waals surface area contributed by atoms with Gasteiger partial charge in [-0.2, -0.15) is 0 Å². The molecule has 0 bridgehead atoms. The van der Waals surface area contributed by atoms with Crippen LogP contribution >= 0.6 is 0 Å². The van der Waals surface area contributed by atoms with E-state index in [4.69, 9.17) is 9.84 Å². The third-order valence-electron chi connectivity index (χ3n) is 2.14. The summed E-state index contributed by atoms with van der Waals surface area (Å²) in [5.41, 5.74) is 1.96. The summed E-state index contributed by atoms with van der Waals surface area (Å²) in [4.78, 5) is 10.3. The van der Waals surface area contributed by atoms with E-state index in [2.05, 4.69) is 5.32 Å². The van der Waals surface area contributed by atoms with E-state index in [1.165, 1.54) is 0 Å². The van der Waals surface area contributed by atoms with Crippen LogP contribution in [0.5, 0.6) is 5.75 Å². The van der Waals surface area contributed by atoms with E-state index >= 15 is 0 Å². The molecule has 4 heteroatoms. The van der Waals surface area contributed by atoms with Crippen molar-refractivity contribution >= 4 is 11.7 Å². The molecule has 0 saturated carbocycles. The van der Waals surface area contributed by atoms with Crippen LogP contribution in [0.15, 0.2) is 18.2 Å². The average molecular weight is 223 g/mol. The normalized spacial score (nSPS) is 9.88. The highest BCUT2D eigenvalue weighted by molar-refractivity contribution is 5.67. The van der Waals surface area contributed by atoms with Crippen molar-refractivity contribution in [2.75, 3.05) is 18.5 Å². The van der Waals surface area contributed by atoms with E-state index in [1.54, 1.807) is 0 Å². The van der Waals surface area contributed by atoms with Crippen LogP contribution in [-0.4, -0.2) is 24.2 Å². The molecule has 0 amide bonds. The maximum Gasteiger partial charge on any atom is 0.305 e. The molecule has 0 aliphatic carbocycles. The number of hydrogen-bond donors (Lipinski definition) is 2. The van der Waals surface area contributed by atoms with Crippen molar-refractivity contribution in [1.82, 2.24) is 0 Å². The minimum absolute atomic E-state index is 0.117. The first-order valence-electron chi connectivity index (χ1n) is 5.32. The van der Waals surface area contributed by atoms with Crippen LogP contribution in [0.4, 0.5) is 5.69 Å². The Kier molecular flexibility index (Phi) is 4.64. The molecule has 1 rings (SSSR count). The van der Waals surface area contributed by atoms with Gasteiger partial charge in [-0.1, -0.05) is 0 Å². The highest BCUT2D eigenvalue weighted by atomic mass is 16.5. The van der Waals surface area contributed by atoms with Crippen molar-refractivity contribution in [2.24, 2.45) is 0 Å². The first-order valence-corrected chi connectivity index (χ1v) is 5.32. The van der Waals surface area contributed by atoms with Crippen LogP contribution in [-0.2, 0) is 4.79 Å². The first-order chi connectivity index (χ1) is 7.63. The van der Waals surface area contributed by atoms with Crippen molar-refractivity contribution in [3.8, 4) is 5.75 Å². The molecule has 0 saturated heterocycles. The molecule has 2 N–H and O–H groups in total. The van der Waals surface area contributed by atoms with Crippen molar-refractivity contribution in [1.29, 1.82) is 0 Å². The zero-order chi connectivity index (χ0) is 12.0. The molecule has 0 fully saturated rings. The number of aliphatic carboxylic acids is 1. The molecule has 0 aromatic heterocycles. The third kappa shape index (κ3) is 3.81. The number of carbonyl (C=O) groups is 1. The van der Waals surface area contributed by atoms with Gasteiger partial charge in [-0.15, -0.1) is 0 Å². The lowest BCUT2D eigenvalue weighted by molar-refractivity contribution is -0.136. The summed E-state index contributed by atoms with van der Waals surface area (Å²) in [6, 6.07) is 5.73. The quantitative estimate of drug-likeness (QED) is 0.776. The smallest absolute Gasteiger partial charge is 0.305 e. The molecule has 0 unspecified atom stereocenters. The Hall–Kier alpha value is -1.71. The topological polar surface area (TPSA) is 58.6 Å². The Morgan fingerprint density at radius 2 is 2.25 bits per heavy atom. The minimum Gasteiger partial charge on any atom is -0.494 e. The summed E-state index contributed by atoms with van der Waals surface area (Å²) >= 11 is 0. The highest BCUT2D eigenvalue weighted by Gasteiger charge is 2.01. The van der Waals surface area contributed by atoms with E-state index in [1.807, 2.05) is 32.0 Å². The van der Waals surface area contributed by atoms with Crippen LogP contribution in [0.2, 0.25) is 0 Å². The maximum atomic E-state index is 10.3. The number of ether oxygens (including phenoxy) is 1. The van der Waals surface area contributed by atoms with Gasteiger partial charge in [-0.25, -0.2) is 0 Å². The number of aryl methyl sites for hydroxylation is 1. The third-order valence-corrected chi connectivity index (χ3v) is 2.14. The fourth-order valence-electron chi connectivity index (χ4n) is 1.39. The zero-order valence-electron chi connectivity index (χ0n) is 9.62. The largest absolute Gasteiger partial charge is 0.494 e. The van der Waals surface area contributed by atoms with Gasteiger partial charge in [0, 0.05) is 12.2 Å². The van der Waals surface area contributed by atoms with Crippen molar-refractivity contribution in [3.63, 3.8) is 0 Å². The van der Waals surface area contributed by atoms with Gasteiger partial charge in [-0.3, -0.25) is 4.79 Å². The molecule has 0 atom stereocenters. The van der Waals surface area contributed by atoms with Crippen molar-refractivity contribution < 1.29 is 14.6 Å². The first kappa shape index (κ1) is 12.4. The van der Waals surface area contributed by atoms with Gasteiger partial charge >= 0.3 is 5.97 Å². The monoisotopic (exact) mass is 223 g/mol. The molecular formula is C12H17NO3. The Bertz CT molecular complexity index is 363. The van der Waals surface area contributed by atoms with Gasteiger partial charge in [0.25, 0.3) is 0 Å². The SMILES string of the molecule is CCOc1ccc(NCCC(=O)O)cc1C. The molecule has 0 heterocycles. The number of carboxylic acid groups (broad SMARTS) is 1. The maximum absolute atomic E-state index is 10.3. The lowest BCUT2D eigenvalue weighted by atomic mass is 10.2. The molecule has 0 aliphatic rings. The van der Waals surface area contributed by atoms with Gasteiger partial charge in [0.05, 0.1) is 13.0 Å². The van der Waals surface area contributed by atoms with Crippen LogP contribution < -0.4 is 10.1 Å². The summed E-state index contributed by atoms with van der Waals surface area (Å²) in [5.74, 6) is 0.0708. The highest BCUT2D eigenvalue weighted by Crippen LogP contribution is 2.21. The van der Waals surface area contributed by atoms with Gasteiger partial charge in [0.1, 0.15) is 5.75 Å². The van der Waals surface area contributed by atoms with Crippen molar-refractivity contribution in [2.45, 2.75) is 20.3 Å². The Morgan fingerprint density at radius 3 is 2.81 bits per heavy atom. The Balaban J connectivity index is 2.55. The molecular weight excluding hydrogens is 206 g/mol. The van der Waals surface area contributed by atoms with Crippen LogP contribution in [0.25, 0.3) is 0 Å². The molecule has 4 nitrogen and oxygen atoms in total. The molecule has 0 spiro atoms. The molecule has 16 heavy (non-hydrogen) atoms. The second-order valence-electron chi connectivity index (χ2n) is 3.48. The van der Waals surface area contributed by atoms with E-state index in [9.17, 15) is 4.79 Å². The van der Waals surface area contributed by atoms with E-state index in [-0.39, 0.29) is 6.42 Å². The van der Waals surface area contributed by atoms with Crippen LogP contribution in [0.3, 0.4) is 0 Å². The van der Waals surface area contributed by atoms with Gasteiger partial charge in [0.15, 0.2) is 0 Å². The van der Waals surface area contributed by atoms with Crippen LogP contribution in [0, 0.1) is 6.92 Å². The number of rotatable bonds is 6. The number of nitrogens with one attached hydrogen (secondary N) is 1. The van der Waals surface area contributed by atoms with E-state index in [0.717, 1.165) is 17.0 Å². The fraction of sp³-hybridized carbons (Fsp3) is 0.417. The summed E-state index contributed by atoms with van der Waals surface area (Å²) < 4.78 is 5.41. The summed E-state index contributed by atoms with van der Waals surface area (Å²) in [7, 11) is 0. The molecule has 88 valence electrons. The molecule has 0 radical (unpaired) electrons. The van der Waals surface area contributed by atoms with Crippen LogP contribution in [0.1, 0.15) is 18.9 Å². The predicted molar refractivity (Wildman–Crippen MR) is 63.1 cm³/mol. The second kappa shape index (κ2) is 6.00. The minimum atomic E-state index is -0.796. The standard InChI is InChI=1S/C12H17NO3/c1-3-16-11-5-4-10(8-9(11)2)13-7-6-12(14)15/h4-5,8,13H,3,6-7H2,1-2H3,(H,14,15). The Labute approximate surface area is 95.2 Å². The molecule has 1 aromatic rings. The second-order valence-corrected chi connectivity index (χ2v) is 3.48. The fourth-order valence-corrected chi connectivity index (χ4v) is 1.39. The van der Waals surface area contributed by atoms with Gasteiger partial charge < -0.3 is 15.2 Å². The zero-order valence-corrected chi connectivity index (χ0v) is 9.62. The summed E-state index contributed by atoms with van der Waals surface area (Å²) in [5, 5.41) is 11.5. The number of carboxylic acids is 1. The summed E-state index contributed by atoms with van der Waals surface area (Å²) in [6.07, 6.45) is 0.117. The molecule has 1 aromatic carbocycles. The Morgan fingerprint density at radius 1 is 1.50 bits per heavy atom. The lowest BCUT2D eigenvalue weighted by Gasteiger charge is -2.10. The van der Waals surface area contributed by atoms with Gasteiger partial charge in [0.2, 0.25) is 0 Å². The van der Waals surface area contributed by atoms with Gasteiger partial charge in [-0.05, 0) is 37.6 Å². The number of anilines is 1. The number of benzene rings is 1. The predicted octanol–water partition coefficient (Wildman–Crippen LogP) is 2.28. The van der Waals surface area contributed by atoms with E-state index in [0.29, 0.717) is 13.2 Å². The van der Waals surface area contributed by atoms with E-state index < -0.39 is 5.97 Å².